The molecule has 0 aromatic carbocycles. The molecule has 1 aromatic rings. The van der Waals surface area contributed by atoms with Crippen LogP contribution in [-0.2, 0) is 24.3 Å². The van der Waals surface area contributed by atoms with Crippen LogP contribution in [0.4, 0.5) is 0 Å². The minimum absolute atomic E-state index is 0.142. The zero-order valence-corrected chi connectivity index (χ0v) is 16.5. The third-order valence-electron chi connectivity index (χ3n) is 4.84. The Morgan fingerprint density at radius 3 is 2.20 bits per heavy atom. The van der Waals surface area contributed by atoms with E-state index >= 15 is 0 Å². The molecule has 144 valence electrons. The highest BCUT2D eigenvalue weighted by molar-refractivity contribution is 5.64. The Kier molecular flexibility index (Phi) is 12.1. The predicted molar refractivity (Wildman–Crippen MR) is 100 cm³/mol. The molecule has 0 atom stereocenters. The summed E-state index contributed by atoms with van der Waals surface area (Å²) in [5.74, 6) is 0.400. The third kappa shape index (κ3) is 9.66. The van der Waals surface area contributed by atoms with Crippen molar-refractivity contribution in [1.82, 2.24) is 4.57 Å². The molecule has 0 fully saturated rings. The van der Waals surface area contributed by atoms with E-state index < -0.39 is 5.97 Å². The molecule has 0 aliphatic heterocycles. The first-order valence-electron chi connectivity index (χ1n) is 10.5. The average molecular weight is 351 g/mol. The van der Waals surface area contributed by atoms with Crippen molar-refractivity contribution >= 4 is 5.97 Å². The molecule has 0 amide bonds. The van der Waals surface area contributed by atoms with E-state index in [4.69, 9.17) is 0 Å². The van der Waals surface area contributed by atoms with Gasteiger partial charge in [-0.25, -0.2) is 9.13 Å². The summed E-state index contributed by atoms with van der Waals surface area (Å²) < 4.78 is 4.58. The second-order valence-electron chi connectivity index (χ2n) is 7.16. The maximum Gasteiger partial charge on any atom is 0.256 e. The van der Waals surface area contributed by atoms with Crippen LogP contribution >= 0.6 is 0 Å². The Labute approximate surface area is 154 Å². The molecule has 4 heteroatoms. The summed E-state index contributed by atoms with van der Waals surface area (Å²) in [6.45, 7) is 6.28. The fourth-order valence-electron chi connectivity index (χ4n) is 3.42. The highest BCUT2D eigenvalue weighted by Crippen LogP contribution is 2.11. The van der Waals surface area contributed by atoms with Gasteiger partial charge in [0, 0.05) is 12.4 Å². The van der Waals surface area contributed by atoms with Crippen LogP contribution in [0, 0.1) is 0 Å². The highest BCUT2D eigenvalue weighted by atomic mass is 16.4. The summed E-state index contributed by atoms with van der Waals surface area (Å²) in [4.78, 5) is 10.6. The number of nitrogens with zero attached hydrogens (tertiary/aromatic N) is 2. The lowest BCUT2D eigenvalue weighted by atomic mass is 10.1. The molecule has 0 radical (unpaired) electrons. The van der Waals surface area contributed by atoms with Gasteiger partial charge in [-0.05, 0) is 25.7 Å². The number of aryl methyl sites for hydroxylation is 2. The summed E-state index contributed by atoms with van der Waals surface area (Å²) in [5, 5.41) is 10.6. The first-order chi connectivity index (χ1) is 12.2. The molecule has 4 nitrogen and oxygen atoms in total. The monoisotopic (exact) mass is 350 g/mol. The van der Waals surface area contributed by atoms with E-state index in [-0.39, 0.29) is 6.42 Å². The number of unbranched alkanes of at least 4 members (excludes halogenated alkanes) is 8. The van der Waals surface area contributed by atoms with Gasteiger partial charge in [-0.2, -0.15) is 0 Å². The van der Waals surface area contributed by atoms with Gasteiger partial charge in [0.15, 0.2) is 0 Å². The predicted octanol–water partition coefficient (Wildman–Crippen LogP) is 3.79. The number of aliphatic carboxylic acids is 1. The van der Waals surface area contributed by atoms with Gasteiger partial charge >= 0.3 is 0 Å². The minimum Gasteiger partial charge on any atom is -0.550 e. The van der Waals surface area contributed by atoms with Crippen molar-refractivity contribution < 1.29 is 14.5 Å². The van der Waals surface area contributed by atoms with E-state index in [1.165, 1.54) is 63.6 Å². The van der Waals surface area contributed by atoms with Gasteiger partial charge in [0.25, 0.3) is 5.82 Å². The normalized spacial score (nSPS) is 11.1. The van der Waals surface area contributed by atoms with Crippen LogP contribution in [0.5, 0.6) is 0 Å². The molecule has 1 heterocycles. The Hall–Kier alpha value is -1.32. The van der Waals surface area contributed by atoms with Crippen LogP contribution in [0.1, 0.15) is 96.7 Å². The van der Waals surface area contributed by atoms with Crippen molar-refractivity contribution in [2.45, 2.75) is 110 Å². The van der Waals surface area contributed by atoms with Crippen molar-refractivity contribution in [1.29, 1.82) is 0 Å². The molecule has 0 unspecified atom stereocenters. The van der Waals surface area contributed by atoms with E-state index in [0.29, 0.717) is 6.42 Å². The smallest absolute Gasteiger partial charge is 0.256 e. The summed E-state index contributed by atoms with van der Waals surface area (Å²) >= 11 is 0. The van der Waals surface area contributed by atoms with Crippen LogP contribution in [0.3, 0.4) is 0 Å². The lowest BCUT2D eigenvalue weighted by Crippen LogP contribution is -2.37. The maximum absolute atomic E-state index is 10.6. The number of hydrogen-bond acceptors (Lipinski definition) is 2. The Bertz CT molecular complexity index is 468. The summed E-state index contributed by atoms with van der Waals surface area (Å²) in [7, 11) is 0. The molecule has 0 saturated carbocycles. The highest BCUT2D eigenvalue weighted by Gasteiger charge is 2.15. The van der Waals surface area contributed by atoms with Crippen LogP contribution in [0.2, 0.25) is 0 Å². The van der Waals surface area contributed by atoms with E-state index in [9.17, 15) is 9.90 Å². The van der Waals surface area contributed by atoms with Gasteiger partial charge in [0.2, 0.25) is 0 Å². The van der Waals surface area contributed by atoms with E-state index in [0.717, 1.165) is 25.9 Å². The van der Waals surface area contributed by atoms with Crippen LogP contribution < -0.4 is 9.67 Å². The Balaban J connectivity index is 2.31. The Morgan fingerprint density at radius 2 is 1.60 bits per heavy atom. The Morgan fingerprint density at radius 1 is 0.960 bits per heavy atom. The molecular weight excluding hydrogens is 312 g/mol. The number of hydrogen-bond donors (Lipinski definition) is 0. The average Bonchev–Trinajstić information content (AvgIpc) is 2.95. The number of carboxylic acid groups (broad SMARTS) is 1. The number of carbonyl (C=O) groups is 1. The first kappa shape index (κ1) is 21.7. The van der Waals surface area contributed by atoms with Gasteiger partial charge < -0.3 is 9.90 Å². The van der Waals surface area contributed by atoms with E-state index in [2.05, 4.69) is 35.4 Å². The van der Waals surface area contributed by atoms with Gasteiger partial charge in [-0.15, -0.1) is 0 Å². The zero-order chi connectivity index (χ0) is 18.3. The SMILES string of the molecule is CCCCCCCCCCCc1n(CCCC(=O)[O-])cc[n+]1CCC. The summed E-state index contributed by atoms with van der Waals surface area (Å²) in [6.07, 6.45) is 19.4. The lowest BCUT2D eigenvalue weighted by molar-refractivity contribution is -0.703. The van der Waals surface area contributed by atoms with Crippen molar-refractivity contribution in [3.63, 3.8) is 0 Å². The second-order valence-corrected chi connectivity index (χ2v) is 7.16. The third-order valence-corrected chi connectivity index (χ3v) is 4.84. The quantitative estimate of drug-likeness (QED) is 0.336. The number of carboxylic acids is 1. The van der Waals surface area contributed by atoms with Crippen molar-refractivity contribution in [3.8, 4) is 0 Å². The number of rotatable bonds is 16. The van der Waals surface area contributed by atoms with Crippen molar-refractivity contribution in [2.24, 2.45) is 0 Å². The number of carbonyl (C=O) groups excluding carboxylic acids is 1. The molecule has 0 spiro atoms. The lowest BCUT2D eigenvalue weighted by Gasteiger charge is -2.06. The van der Waals surface area contributed by atoms with Gasteiger partial charge in [-0.3, -0.25) is 0 Å². The first-order valence-corrected chi connectivity index (χ1v) is 10.5. The molecule has 1 rings (SSSR count). The fourth-order valence-corrected chi connectivity index (χ4v) is 3.42. The summed E-state index contributed by atoms with van der Waals surface area (Å²) in [5.41, 5.74) is 0. The molecule has 0 saturated heterocycles. The second kappa shape index (κ2) is 13.9. The van der Waals surface area contributed by atoms with Crippen molar-refractivity contribution in [3.05, 3.63) is 18.2 Å². The van der Waals surface area contributed by atoms with Gasteiger partial charge in [-0.1, -0.05) is 65.2 Å². The van der Waals surface area contributed by atoms with Gasteiger partial charge in [0.1, 0.15) is 12.4 Å². The molecule has 0 N–H and O–H groups in total. The molecule has 25 heavy (non-hydrogen) atoms. The molecular formula is C21H38N2O2. The van der Waals surface area contributed by atoms with Crippen LogP contribution in [0.15, 0.2) is 12.4 Å². The molecule has 0 aliphatic rings. The standard InChI is InChI=1S/C21H38N2O2/c1-3-5-6-7-8-9-10-11-12-14-20-22(16-4-2)18-19-23(20)17-13-15-21(24)25/h18-19H,3-17H2,1-2H3. The van der Waals surface area contributed by atoms with Crippen LogP contribution in [0.25, 0.3) is 0 Å². The van der Waals surface area contributed by atoms with Gasteiger partial charge in [0.05, 0.1) is 13.1 Å². The topological polar surface area (TPSA) is 48.9 Å². The largest absolute Gasteiger partial charge is 0.550 e. The zero-order valence-electron chi connectivity index (χ0n) is 16.5. The molecule has 1 aromatic heterocycles. The van der Waals surface area contributed by atoms with E-state index in [1.54, 1.807) is 0 Å². The molecule has 0 bridgehead atoms. The fraction of sp³-hybridized carbons (Fsp3) is 0.810. The molecule has 0 aliphatic carbocycles. The number of imidazole rings is 1. The summed E-state index contributed by atoms with van der Waals surface area (Å²) in [6, 6.07) is 0. The van der Waals surface area contributed by atoms with E-state index in [1.807, 2.05) is 0 Å². The maximum atomic E-state index is 10.6. The minimum atomic E-state index is -0.950. The van der Waals surface area contributed by atoms with Crippen molar-refractivity contribution in [2.75, 3.05) is 0 Å². The number of aromatic nitrogens is 2. The van der Waals surface area contributed by atoms with Crippen LogP contribution in [-0.4, -0.2) is 10.5 Å².